The summed E-state index contributed by atoms with van der Waals surface area (Å²) >= 11 is 0. The van der Waals surface area contributed by atoms with E-state index in [9.17, 15) is 9.59 Å². The van der Waals surface area contributed by atoms with Gasteiger partial charge in [0, 0.05) is 28.9 Å². The number of nitrogens with zero attached hydrogens (tertiary/aromatic N) is 2. The van der Waals surface area contributed by atoms with Gasteiger partial charge in [-0.15, -0.1) is 0 Å². The van der Waals surface area contributed by atoms with Gasteiger partial charge >= 0.3 is 0 Å². The van der Waals surface area contributed by atoms with Crippen LogP contribution in [-0.4, -0.2) is 33.2 Å². The second-order valence-corrected chi connectivity index (χ2v) is 16.9. The van der Waals surface area contributed by atoms with Crippen molar-refractivity contribution in [1.82, 2.24) is 9.97 Å². The number of nitrogens with two attached hydrogens (primary N) is 2. The maximum absolute atomic E-state index is 12.3. The Morgan fingerprint density at radius 1 is 0.415 bits per heavy atom. The summed E-state index contributed by atoms with van der Waals surface area (Å²) < 4.78 is 0. The number of aliphatic hydroxyl groups excluding tert-OH is 1. The number of rotatable bonds is 5. The van der Waals surface area contributed by atoms with Crippen LogP contribution < -0.4 is 11.5 Å². The van der Waals surface area contributed by atoms with Crippen molar-refractivity contribution in [1.29, 1.82) is 0 Å². The van der Waals surface area contributed by atoms with E-state index in [1.54, 1.807) is 31.2 Å². The molecule has 0 fully saturated rings. The van der Waals surface area contributed by atoms with Gasteiger partial charge in [-0.25, -0.2) is 9.97 Å². The fraction of sp³-hybridized carbons (Fsp3) is 0.172. The van der Waals surface area contributed by atoms with Crippen molar-refractivity contribution in [2.24, 2.45) is 0 Å². The summed E-state index contributed by atoms with van der Waals surface area (Å²) in [4.78, 5) is 34.9. The molecule has 328 valence electrons. The number of hydrogen-bond acceptors (Lipinski definition) is 7. The molecule has 9 aromatic rings. The monoisotopic (exact) mass is 858 g/mol. The third-order valence-corrected chi connectivity index (χ3v) is 10.6. The molecule has 0 radical (unpaired) electrons. The summed E-state index contributed by atoms with van der Waals surface area (Å²) in [5, 5.41) is 12.2. The second kappa shape index (κ2) is 20.8. The first kappa shape index (κ1) is 47.0. The van der Waals surface area contributed by atoms with Crippen LogP contribution in [0, 0.1) is 55.4 Å². The molecule has 9 rings (SSSR count). The summed E-state index contributed by atoms with van der Waals surface area (Å²) in [5.74, 6) is -0.886. The number of carbonyl (C=O) groups is 2. The van der Waals surface area contributed by atoms with Gasteiger partial charge in [0.05, 0.1) is 33.8 Å². The standard InChI is InChI=1S/C28H24N2.C18H18O2.C10H10N2.C2H6O/c1-17-9-18(2)12-23(11-17)27-28(24-13-19(3)10-20(4)14-24)30-26-16-22-8-6-5-7-21(22)15-25(26)29-27;1-11-5-12(2)8-15(7-11)17(19)18(20)16-9-13(3)6-14(4)10-16;11-9-5-7-3-1-2-4-8(7)6-10(9)12;1-2-3/h5-16H,1-4H3;5-10H,1-4H3;1-6H,11-12H2;3H,2H2,1H3. The zero-order valence-corrected chi connectivity index (χ0v) is 38.9. The third kappa shape index (κ3) is 12.0. The van der Waals surface area contributed by atoms with Crippen molar-refractivity contribution in [2.45, 2.75) is 62.3 Å². The largest absolute Gasteiger partial charge is 0.397 e. The minimum atomic E-state index is -0.443. The van der Waals surface area contributed by atoms with Crippen LogP contribution in [0.4, 0.5) is 11.4 Å². The van der Waals surface area contributed by atoms with Crippen molar-refractivity contribution >= 4 is 55.5 Å². The van der Waals surface area contributed by atoms with Crippen molar-refractivity contribution in [3.05, 3.63) is 201 Å². The Labute approximate surface area is 382 Å². The Hall–Kier alpha value is -7.48. The minimum Gasteiger partial charge on any atom is -0.397 e. The first-order valence-electron chi connectivity index (χ1n) is 21.8. The molecule has 5 N–H and O–H groups in total. The Morgan fingerprint density at radius 2 is 0.662 bits per heavy atom. The molecule has 0 aliphatic rings. The minimum absolute atomic E-state index is 0.250. The molecule has 8 aromatic carbocycles. The fourth-order valence-electron chi connectivity index (χ4n) is 8.12. The van der Waals surface area contributed by atoms with E-state index in [1.165, 1.54) is 33.0 Å². The molecule has 0 aliphatic carbocycles. The maximum Gasteiger partial charge on any atom is 0.233 e. The van der Waals surface area contributed by atoms with Crippen LogP contribution in [0.3, 0.4) is 0 Å². The van der Waals surface area contributed by atoms with E-state index in [2.05, 4.69) is 100 Å². The van der Waals surface area contributed by atoms with E-state index < -0.39 is 11.6 Å². The molecule has 0 saturated carbocycles. The first-order valence-corrected chi connectivity index (χ1v) is 21.8. The number of hydrogen-bond donors (Lipinski definition) is 3. The SMILES string of the molecule is CCO.Cc1cc(C)cc(-c2nc3cc4ccccc4cc3nc2-c2cc(C)cc(C)c2)c1.Cc1cc(C)cc(C(=O)C(=O)c2cc(C)cc(C)c2)c1.Nc1cc2ccccc2cc1N. The highest BCUT2D eigenvalue weighted by molar-refractivity contribution is 6.49. The summed E-state index contributed by atoms with van der Waals surface area (Å²) in [6, 6.07) is 48.7. The maximum atomic E-state index is 12.3. The molecule has 1 heterocycles. The van der Waals surface area contributed by atoms with E-state index in [4.69, 9.17) is 26.5 Å². The Morgan fingerprint density at radius 3 is 0.938 bits per heavy atom. The molecule has 0 atom stereocenters. The summed E-state index contributed by atoms with van der Waals surface area (Å²) in [6.45, 7) is 18.2. The van der Waals surface area contributed by atoms with Gasteiger partial charge in [0.25, 0.3) is 0 Å². The molecule has 7 nitrogen and oxygen atoms in total. The molecule has 65 heavy (non-hydrogen) atoms. The van der Waals surface area contributed by atoms with Gasteiger partial charge in [-0.2, -0.15) is 0 Å². The van der Waals surface area contributed by atoms with Gasteiger partial charge in [-0.3, -0.25) is 9.59 Å². The number of aromatic nitrogens is 2. The molecular formula is C58H58N4O3. The van der Waals surface area contributed by atoms with E-state index in [0.29, 0.717) is 22.5 Å². The predicted molar refractivity (Wildman–Crippen MR) is 273 cm³/mol. The zero-order chi connectivity index (χ0) is 46.9. The lowest BCUT2D eigenvalue weighted by molar-refractivity contribution is 0.0817. The lowest BCUT2D eigenvalue weighted by Gasteiger charge is -2.13. The summed E-state index contributed by atoms with van der Waals surface area (Å²) in [6.07, 6.45) is 0. The first-order chi connectivity index (χ1) is 31.0. The molecule has 0 bridgehead atoms. The Kier molecular flexibility index (Phi) is 15.0. The van der Waals surface area contributed by atoms with E-state index >= 15 is 0 Å². The molecular weight excluding hydrogens is 801 g/mol. The molecule has 0 unspecified atom stereocenters. The van der Waals surface area contributed by atoms with E-state index in [0.717, 1.165) is 66.6 Å². The van der Waals surface area contributed by atoms with Crippen molar-refractivity contribution in [3.63, 3.8) is 0 Å². The molecule has 0 amide bonds. The van der Waals surface area contributed by atoms with Gasteiger partial charge in [0.15, 0.2) is 0 Å². The van der Waals surface area contributed by atoms with Crippen LogP contribution in [0.25, 0.3) is 55.1 Å². The number of aliphatic hydroxyl groups is 1. The highest BCUT2D eigenvalue weighted by Crippen LogP contribution is 2.34. The third-order valence-electron chi connectivity index (χ3n) is 10.6. The number of anilines is 2. The average Bonchev–Trinajstić information content (AvgIpc) is 3.24. The van der Waals surface area contributed by atoms with Crippen molar-refractivity contribution in [3.8, 4) is 22.5 Å². The van der Waals surface area contributed by atoms with Gasteiger partial charge in [-0.05, 0) is 157 Å². The number of carbonyl (C=O) groups excluding carboxylic acids is 2. The van der Waals surface area contributed by atoms with Crippen LogP contribution >= 0.6 is 0 Å². The lowest BCUT2D eigenvalue weighted by Crippen LogP contribution is -2.15. The van der Waals surface area contributed by atoms with E-state index in [1.807, 2.05) is 76.2 Å². The quantitative estimate of drug-likeness (QED) is 0.0679. The molecule has 1 aromatic heterocycles. The molecule has 7 heteroatoms. The topological polar surface area (TPSA) is 132 Å². The number of Topliss-reactive ketones (excluding diaryl/α,β-unsaturated/α-hetero) is 2. The highest BCUT2D eigenvalue weighted by atomic mass is 16.2. The second-order valence-electron chi connectivity index (χ2n) is 16.9. The van der Waals surface area contributed by atoms with Gasteiger partial charge in [-0.1, -0.05) is 117 Å². The fourth-order valence-corrected chi connectivity index (χ4v) is 8.12. The Bertz CT molecular complexity index is 2910. The van der Waals surface area contributed by atoms with Gasteiger partial charge < -0.3 is 16.6 Å². The molecule has 0 spiro atoms. The normalized spacial score (nSPS) is 10.6. The molecule has 0 saturated heterocycles. The van der Waals surface area contributed by atoms with Gasteiger partial charge in [0.2, 0.25) is 11.6 Å². The molecule has 0 aliphatic heterocycles. The summed E-state index contributed by atoms with van der Waals surface area (Å²) in [7, 11) is 0. The highest BCUT2D eigenvalue weighted by Gasteiger charge is 2.20. The predicted octanol–water partition coefficient (Wildman–Crippen LogP) is 13.3. The van der Waals surface area contributed by atoms with Gasteiger partial charge in [0.1, 0.15) is 0 Å². The van der Waals surface area contributed by atoms with Crippen LogP contribution in [0.15, 0.2) is 146 Å². The average molecular weight is 859 g/mol. The number of nitrogen functional groups attached to an aromatic ring is 2. The van der Waals surface area contributed by atoms with Crippen molar-refractivity contribution < 1.29 is 14.7 Å². The number of aryl methyl sites for hydroxylation is 8. The Balaban J connectivity index is 0.000000172. The number of fused-ring (bicyclic) bond motifs is 3. The number of ketones is 2. The smallest absolute Gasteiger partial charge is 0.233 e. The van der Waals surface area contributed by atoms with Crippen LogP contribution in [0.2, 0.25) is 0 Å². The van der Waals surface area contributed by atoms with Crippen LogP contribution in [0.1, 0.15) is 72.1 Å². The van der Waals surface area contributed by atoms with Crippen LogP contribution in [-0.2, 0) is 0 Å². The van der Waals surface area contributed by atoms with Crippen molar-refractivity contribution in [2.75, 3.05) is 18.1 Å². The zero-order valence-electron chi connectivity index (χ0n) is 38.9. The number of benzene rings is 8. The lowest BCUT2D eigenvalue weighted by atomic mass is 9.96. The summed E-state index contributed by atoms with van der Waals surface area (Å²) in [5.41, 5.74) is 28.4. The van der Waals surface area contributed by atoms with Crippen LogP contribution in [0.5, 0.6) is 0 Å². The van der Waals surface area contributed by atoms with E-state index in [-0.39, 0.29) is 6.61 Å².